The van der Waals surface area contributed by atoms with Crippen LogP contribution in [0.5, 0.6) is 11.5 Å². The first-order valence-electron chi connectivity index (χ1n) is 15.7. The van der Waals surface area contributed by atoms with E-state index in [-0.39, 0.29) is 59.7 Å². The molecule has 8 atom stereocenters. The predicted molar refractivity (Wildman–Crippen MR) is 165 cm³/mol. The highest BCUT2D eigenvalue weighted by Crippen LogP contribution is 2.42. The number of hydrogen-bond donors (Lipinski definition) is 0. The zero-order valence-corrected chi connectivity index (χ0v) is 25.9. The lowest BCUT2D eigenvalue weighted by Gasteiger charge is -2.43. The number of carbonyl (C=O) groups excluding carboxylic acids is 2. The molecule has 0 bridgehead atoms. The molecule has 2 fully saturated rings. The van der Waals surface area contributed by atoms with E-state index < -0.39 is 0 Å². The second-order valence-electron chi connectivity index (χ2n) is 12.4. The molecule has 0 radical (unpaired) electrons. The SMILES string of the molecule is COc1ccc(C2=COC3C(CCC(OCCOC4CCC5C(=O)C(c6ccc(OC)cc6)=COC5C4C)C3C)C2=O)cc1. The van der Waals surface area contributed by atoms with Gasteiger partial charge < -0.3 is 28.4 Å². The van der Waals surface area contributed by atoms with Crippen LogP contribution in [0.15, 0.2) is 61.1 Å². The van der Waals surface area contributed by atoms with Crippen molar-refractivity contribution in [3.05, 3.63) is 72.2 Å². The first-order valence-corrected chi connectivity index (χ1v) is 15.7. The van der Waals surface area contributed by atoms with Crippen molar-refractivity contribution in [2.24, 2.45) is 23.7 Å². The summed E-state index contributed by atoms with van der Waals surface area (Å²) in [6.45, 7) is 5.14. The van der Waals surface area contributed by atoms with Crippen LogP contribution in [0.4, 0.5) is 0 Å². The molecule has 0 N–H and O–H groups in total. The third-order valence-electron chi connectivity index (χ3n) is 9.97. The number of Topliss-reactive ketones (excluding diaryl/α,β-unsaturated/α-hetero) is 2. The maximum atomic E-state index is 13.4. The maximum absolute atomic E-state index is 13.4. The van der Waals surface area contributed by atoms with Crippen LogP contribution in [0.25, 0.3) is 11.1 Å². The molecule has 234 valence electrons. The highest BCUT2D eigenvalue weighted by atomic mass is 16.5. The summed E-state index contributed by atoms with van der Waals surface area (Å²) < 4.78 is 35.4. The number of rotatable bonds is 9. The van der Waals surface area contributed by atoms with Gasteiger partial charge in [-0.25, -0.2) is 0 Å². The van der Waals surface area contributed by atoms with Gasteiger partial charge in [0.1, 0.15) is 23.7 Å². The van der Waals surface area contributed by atoms with Gasteiger partial charge in [-0.15, -0.1) is 0 Å². The summed E-state index contributed by atoms with van der Waals surface area (Å²) in [7, 11) is 3.25. The molecule has 0 spiro atoms. The summed E-state index contributed by atoms with van der Waals surface area (Å²) in [6, 6.07) is 15.0. The lowest BCUT2D eigenvalue weighted by molar-refractivity contribution is -0.144. The second kappa shape index (κ2) is 13.2. The van der Waals surface area contributed by atoms with Gasteiger partial charge in [-0.2, -0.15) is 0 Å². The Morgan fingerprint density at radius 1 is 0.614 bits per heavy atom. The number of benzene rings is 2. The van der Waals surface area contributed by atoms with E-state index in [0.717, 1.165) is 48.3 Å². The van der Waals surface area contributed by atoms with Crippen molar-refractivity contribution in [1.29, 1.82) is 0 Å². The largest absolute Gasteiger partial charge is 0.497 e. The molecule has 2 heterocycles. The fourth-order valence-corrected chi connectivity index (χ4v) is 7.34. The molecular weight excluding hydrogens is 560 g/mol. The van der Waals surface area contributed by atoms with Gasteiger partial charge in [-0.3, -0.25) is 9.59 Å². The fourth-order valence-electron chi connectivity index (χ4n) is 7.34. The molecule has 2 aromatic carbocycles. The lowest BCUT2D eigenvalue weighted by atomic mass is 9.73. The number of ketones is 2. The number of ether oxygens (including phenoxy) is 6. The molecule has 8 heteroatoms. The van der Waals surface area contributed by atoms with Crippen molar-refractivity contribution in [3.8, 4) is 11.5 Å². The van der Waals surface area contributed by atoms with Crippen molar-refractivity contribution in [1.82, 2.24) is 0 Å². The third-order valence-corrected chi connectivity index (χ3v) is 9.97. The Morgan fingerprint density at radius 2 is 1.00 bits per heavy atom. The van der Waals surface area contributed by atoms with Crippen LogP contribution in [0.1, 0.15) is 50.7 Å². The zero-order valence-electron chi connectivity index (χ0n) is 25.9. The van der Waals surface area contributed by atoms with E-state index in [4.69, 9.17) is 28.4 Å². The van der Waals surface area contributed by atoms with Crippen LogP contribution in [0, 0.1) is 23.7 Å². The van der Waals surface area contributed by atoms with Crippen LogP contribution in [-0.2, 0) is 28.5 Å². The molecule has 0 saturated heterocycles. The van der Waals surface area contributed by atoms with E-state index in [1.807, 2.05) is 48.5 Å². The first-order chi connectivity index (χ1) is 21.4. The topological polar surface area (TPSA) is 89.5 Å². The Kier molecular flexibility index (Phi) is 9.10. The maximum Gasteiger partial charge on any atom is 0.173 e. The van der Waals surface area contributed by atoms with Crippen LogP contribution in [0.3, 0.4) is 0 Å². The second-order valence-corrected chi connectivity index (χ2v) is 12.4. The van der Waals surface area contributed by atoms with Crippen molar-refractivity contribution in [2.45, 2.75) is 63.9 Å². The van der Waals surface area contributed by atoms with Crippen LogP contribution in [0.2, 0.25) is 0 Å². The smallest absolute Gasteiger partial charge is 0.173 e. The average Bonchev–Trinajstić information content (AvgIpc) is 3.05. The minimum atomic E-state index is -0.198. The summed E-state index contributed by atoms with van der Waals surface area (Å²) >= 11 is 0. The number of carbonyl (C=O) groups is 2. The van der Waals surface area contributed by atoms with Crippen molar-refractivity contribution < 1.29 is 38.0 Å². The van der Waals surface area contributed by atoms with Crippen LogP contribution >= 0.6 is 0 Å². The molecule has 8 unspecified atom stereocenters. The van der Waals surface area contributed by atoms with Gasteiger partial charge in [0.05, 0.1) is 75.1 Å². The van der Waals surface area contributed by atoms with Gasteiger partial charge in [-0.1, -0.05) is 38.1 Å². The van der Waals surface area contributed by atoms with Crippen molar-refractivity contribution in [2.75, 3.05) is 27.4 Å². The summed E-state index contributed by atoms with van der Waals surface area (Å²) in [5, 5.41) is 0. The quantitative estimate of drug-likeness (QED) is 0.329. The van der Waals surface area contributed by atoms with E-state index in [1.54, 1.807) is 26.7 Å². The summed E-state index contributed by atoms with van der Waals surface area (Å²) in [6.07, 6.45) is 5.91. The van der Waals surface area contributed by atoms with Crippen LogP contribution in [-0.4, -0.2) is 63.4 Å². The van der Waals surface area contributed by atoms with Gasteiger partial charge in [-0.05, 0) is 61.1 Å². The first kappa shape index (κ1) is 30.4. The summed E-state index contributed by atoms with van der Waals surface area (Å²) in [4.78, 5) is 26.8. The highest BCUT2D eigenvalue weighted by Gasteiger charge is 2.46. The van der Waals surface area contributed by atoms with E-state index >= 15 is 0 Å². The Balaban J connectivity index is 0.985. The number of methoxy groups -OCH3 is 2. The van der Waals surface area contributed by atoms with E-state index in [1.165, 1.54) is 0 Å². The van der Waals surface area contributed by atoms with Crippen LogP contribution < -0.4 is 9.47 Å². The van der Waals surface area contributed by atoms with E-state index in [0.29, 0.717) is 24.4 Å². The molecule has 0 aromatic heterocycles. The number of fused-ring (bicyclic) bond motifs is 2. The molecule has 2 aliphatic carbocycles. The monoisotopic (exact) mass is 602 g/mol. The highest BCUT2D eigenvalue weighted by molar-refractivity contribution is 6.22. The van der Waals surface area contributed by atoms with Gasteiger partial charge in [0.25, 0.3) is 0 Å². The van der Waals surface area contributed by atoms with Crippen molar-refractivity contribution >= 4 is 22.7 Å². The standard InChI is InChI=1S/C36H42O8/c1-21-31(15-13-27-33(37)29(19-43-35(21)27)23-5-9-25(39-3)10-6-23)41-17-18-42-32-16-14-28-34(38)30(20-44-36(28)22(32)2)24-7-11-26(40-4)12-8-24/h5-12,19-22,27-28,31-32,35-36H,13-18H2,1-4H3. The Labute approximate surface area is 259 Å². The summed E-state index contributed by atoms with van der Waals surface area (Å²) in [5.41, 5.74) is 2.93. The van der Waals surface area contributed by atoms with Gasteiger partial charge in [0.2, 0.25) is 0 Å². The molecule has 6 rings (SSSR count). The molecule has 4 aliphatic rings. The molecule has 8 nitrogen and oxygen atoms in total. The molecular formula is C36H42O8. The van der Waals surface area contributed by atoms with Gasteiger partial charge >= 0.3 is 0 Å². The minimum absolute atomic E-state index is 0.00226. The Hall–Kier alpha value is -3.62. The minimum Gasteiger partial charge on any atom is -0.497 e. The number of allylic oxidation sites excluding steroid dienone is 2. The molecule has 2 aliphatic heterocycles. The summed E-state index contributed by atoms with van der Waals surface area (Å²) in [5.74, 6) is 1.60. The average molecular weight is 603 g/mol. The van der Waals surface area contributed by atoms with Gasteiger partial charge in [0.15, 0.2) is 11.6 Å². The number of hydrogen-bond acceptors (Lipinski definition) is 8. The zero-order chi connectivity index (χ0) is 30.8. The Bertz CT molecular complexity index is 1290. The predicted octanol–water partition coefficient (Wildman–Crippen LogP) is 5.88. The molecule has 44 heavy (non-hydrogen) atoms. The molecule has 2 aromatic rings. The van der Waals surface area contributed by atoms with E-state index in [9.17, 15) is 9.59 Å². The Morgan fingerprint density at radius 3 is 1.36 bits per heavy atom. The normalized spacial score (nSPS) is 31.5. The molecule has 0 amide bonds. The fraction of sp³-hybridized carbons (Fsp3) is 0.500. The lowest BCUT2D eigenvalue weighted by Crippen LogP contribution is -2.48. The molecule has 2 saturated carbocycles. The van der Waals surface area contributed by atoms with E-state index in [2.05, 4.69) is 13.8 Å². The third kappa shape index (κ3) is 5.89. The van der Waals surface area contributed by atoms with Gasteiger partial charge in [0, 0.05) is 11.8 Å². The van der Waals surface area contributed by atoms with Crippen molar-refractivity contribution in [3.63, 3.8) is 0 Å².